The molecule has 1 aliphatic heterocycles. The number of nitrogens with zero attached hydrogens (tertiary/aromatic N) is 3. The Morgan fingerprint density at radius 3 is 2.34 bits per heavy atom. The first-order valence-corrected chi connectivity index (χ1v) is 11.9. The van der Waals surface area contributed by atoms with Crippen molar-refractivity contribution in [3.05, 3.63) is 60.2 Å². The summed E-state index contributed by atoms with van der Waals surface area (Å²) in [5.74, 6) is -1.55. The topological polar surface area (TPSA) is 99.6 Å². The highest BCUT2D eigenvalue weighted by molar-refractivity contribution is 6.06. The van der Waals surface area contributed by atoms with Crippen LogP contribution in [0.5, 0.6) is 0 Å². The predicted molar refractivity (Wildman–Crippen MR) is 129 cm³/mol. The third-order valence-corrected chi connectivity index (χ3v) is 6.58. The Hall–Kier alpha value is -3.01. The molecule has 4 amide bonds. The number of allylic oxidation sites excluding steroid dienone is 2. The first kappa shape index (κ1) is 26.6. The SMILES string of the molecule is CCCCOC1(OCC(CN2C(=O)N(C)C(C)(C)C2=O)N(O)C=O)C=CC(c2ccccc2)C=C1. The van der Waals surface area contributed by atoms with Crippen molar-refractivity contribution in [3.8, 4) is 0 Å². The van der Waals surface area contributed by atoms with Crippen molar-refractivity contribution in [1.29, 1.82) is 0 Å². The van der Waals surface area contributed by atoms with E-state index in [1.165, 1.54) is 4.90 Å². The van der Waals surface area contributed by atoms with E-state index in [0.717, 1.165) is 23.3 Å². The average molecular weight is 486 g/mol. The first-order chi connectivity index (χ1) is 16.6. The van der Waals surface area contributed by atoms with Gasteiger partial charge in [0.15, 0.2) is 0 Å². The van der Waals surface area contributed by atoms with Gasteiger partial charge in [0.25, 0.3) is 5.91 Å². The number of imide groups is 1. The second-order valence-corrected chi connectivity index (χ2v) is 9.34. The molecule has 0 radical (unpaired) electrons. The van der Waals surface area contributed by atoms with Gasteiger partial charge in [-0.15, -0.1) is 0 Å². The lowest BCUT2D eigenvalue weighted by molar-refractivity contribution is -0.204. The summed E-state index contributed by atoms with van der Waals surface area (Å²) in [5, 5.41) is 10.6. The van der Waals surface area contributed by atoms with E-state index in [2.05, 4.69) is 6.92 Å². The van der Waals surface area contributed by atoms with Gasteiger partial charge < -0.3 is 14.4 Å². The van der Waals surface area contributed by atoms with Crippen LogP contribution in [0.15, 0.2) is 54.6 Å². The monoisotopic (exact) mass is 485 g/mol. The lowest BCUT2D eigenvalue weighted by Crippen LogP contribution is -2.49. The summed E-state index contributed by atoms with van der Waals surface area (Å²) in [7, 11) is 1.54. The molecule has 1 saturated heterocycles. The van der Waals surface area contributed by atoms with Crippen LogP contribution in [0.1, 0.15) is 45.1 Å². The molecule has 0 aromatic heterocycles. The molecule has 1 aromatic rings. The van der Waals surface area contributed by atoms with E-state index in [9.17, 15) is 19.6 Å². The number of urea groups is 1. The molecule has 1 N–H and O–H groups in total. The quantitative estimate of drug-likeness (QED) is 0.0928. The Kier molecular flexibility index (Phi) is 8.47. The summed E-state index contributed by atoms with van der Waals surface area (Å²) < 4.78 is 12.2. The zero-order chi connectivity index (χ0) is 25.6. The van der Waals surface area contributed by atoms with Gasteiger partial charge in [-0.2, -0.15) is 0 Å². The molecule has 1 heterocycles. The minimum atomic E-state index is -1.20. The highest BCUT2D eigenvalue weighted by atomic mass is 16.7. The second-order valence-electron chi connectivity index (χ2n) is 9.34. The number of amides is 4. The van der Waals surface area contributed by atoms with Crippen molar-refractivity contribution in [3.63, 3.8) is 0 Å². The number of hydrogen-bond acceptors (Lipinski definition) is 6. The number of rotatable bonds is 12. The van der Waals surface area contributed by atoms with Crippen molar-refractivity contribution in [2.24, 2.45) is 0 Å². The molecule has 1 atom stereocenters. The molecule has 1 aliphatic carbocycles. The zero-order valence-corrected chi connectivity index (χ0v) is 20.8. The summed E-state index contributed by atoms with van der Waals surface area (Å²) in [6, 6.07) is 8.52. The van der Waals surface area contributed by atoms with Gasteiger partial charge in [-0.1, -0.05) is 55.8 Å². The fourth-order valence-corrected chi connectivity index (χ4v) is 3.98. The van der Waals surface area contributed by atoms with E-state index in [1.807, 2.05) is 54.6 Å². The molecule has 0 bridgehead atoms. The fraction of sp³-hybridized carbons (Fsp3) is 0.500. The predicted octanol–water partition coefficient (Wildman–Crippen LogP) is 3.31. The van der Waals surface area contributed by atoms with Crippen LogP contribution < -0.4 is 0 Å². The number of benzene rings is 1. The van der Waals surface area contributed by atoms with E-state index in [-0.39, 0.29) is 25.5 Å². The van der Waals surface area contributed by atoms with E-state index < -0.39 is 29.3 Å². The molecular formula is C26H35N3O6. The third-order valence-electron chi connectivity index (χ3n) is 6.58. The van der Waals surface area contributed by atoms with Gasteiger partial charge in [-0.25, -0.2) is 9.86 Å². The summed E-state index contributed by atoms with van der Waals surface area (Å²) in [4.78, 5) is 39.2. The van der Waals surface area contributed by atoms with E-state index in [4.69, 9.17) is 9.47 Å². The van der Waals surface area contributed by atoms with E-state index >= 15 is 0 Å². The molecule has 1 fully saturated rings. The first-order valence-electron chi connectivity index (χ1n) is 11.9. The maximum absolute atomic E-state index is 12.8. The van der Waals surface area contributed by atoms with Crippen LogP contribution in [0.2, 0.25) is 0 Å². The van der Waals surface area contributed by atoms with Crippen LogP contribution in [0.4, 0.5) is 4.79 Å². The molecule has 1 unspecified atom stereocenters. The standard InChI is InChI=1S/C26H35N3O6/c1-5-6-16-34-26(14-12-21(13-15-26)20-10-8-7-9-11-20)35-18-22(29(33)19-30)17-28-23(31)25(2,3)27(4)24(28)32/h7-15,19,21-22,33H,5-6,16-18H2,1-4H3. The van der Waals surface area contributed by atoms with Gasteiger partial charge in [0.05, 0.1) is 19.8 Å². The van der Waals surface area contributed by atoms with E-state index in [1.54, 1.807) is 20.9 Å². The molecule has 0 saturated carbocycles. The Labute approximate surface area is 206 Å². The smallest absolute Gasteiger partial charge is 0.327 e. The summed E-state index contributed by atoms with van der Waals surface area (Å²) >= 11 is 0. The van der Waals surface area contributed by atoms with Crippen molar-refractivity contribution in [1.82, 2.24) is 14.9 Å². The van der Waals surface area contributed by atoms with Crippen LogP contribution in [0.3, 0.4) is 0 Å². The van der Waals surface area contributed by atoms with Crippen LogP contribution in [0.25, 0.3) is 0 Å². The highest BCUT2D eigenvalue weighted by Crippen LogP contribution is 2.31. The molecule has 3 rings (SSSR count). The highest BCUT2D eigenvalue weighted by Gasteiger charge is 2.50. The second kappa shape index (κ2) is 11.2. The van der Waals surface area contributed by atoms with E-state index in [0.29, 0.717) is 11.7 Å². The molecule has 35 heavy (non-hydrogen) atoms. The minimum absolute atomic E-state index is 0.0559. The third kappa shape index (κ3) is 5.80. The lowest BCUT2D eigenvalue weighted by Gasteiger charge is -2.34. The molecule has 9 heteroatoms. The molecule has 190 valence electrons. The van der Waals surface area contributed by atoms with Crippen LogP contribution >= 0.6 is 0 Å². The molecule has 2 aliphatic rings. The molecule has 1 aromatic carbocycles. The summed E-state index contributed by atoms with van der Waals surface area (Å²) in [6.45, 7) is 5.41. The normalized spacial score (nSPS) is 24.2. The number of likely N-dealkylation sites (N-methyl/N-ethyl adjacent to an activating group) is 1. The number of hydrogen-bond donors (Lipinski definition) is 1. The van der Waals surface area contributed by atoms with Crippen molar-refractivity contribution in [2.75, 3.05) is 26.8 Å². The summed E-state index contributed by atoms with van der Waals surface area (Å²) in [5.41, 5.74) is 0.107. The summed E-state index contributed by atoms with van der Waals surface area (Å²) in [6.07, 6.45) is 9.62. The van der Waals surface area contributed by atoms with Crippen molar-refractivity contribution in [2.45, 2.75) is 56.9 Å². The van der Waals surface area contributed by atoms with Crippen molar-refractivity contribution >= 4 is 18.3 Å². The maximum atomic E-state index is 12.8. The number of carbonyl (C=O) groups excluding carboxylic acids is 3. The molecule has 9 nitrogen and oxygen atoms in total. The van der Waals surface area contributed by atoms with Gasteiger partial charge in [0.2, 0.25) is 12.2 Å². The Balaban J connectivity index is 1.76. The number of unbranched alkanes of at least 4 members (excludes halogenated alkanes) is 1. The van der Waals surface area contributed by atoms with Gasteiger partial charge in [0, 0.05) is 13.0 Å². The minimum Gasteiger partial charge on any atom is -0.343 e. The number of ether oxygens (including phenoxy) is 2. The van der Waals surface area contributed by atoms with Gasteiger partial charge >= 0.3 is 6.03 Å². The van der Waals surface area contributed by atoms with Gasteiger partial charge in [0.1, 0.15) is 11.6 Å². The lowest BCUT2D eigenvalue weighted by atomic mass is 9.93. The molecular weight excluding hydrogens is 450 g/mol. The Morgan fingerprint density at radius 2 is 1.80 bits per heavy atom. The fourth-order valence-electron chi connectivity index (χ4n) is 3.98. The molecule has 0 spiro atoms. The van der Waals surface area contributed by atoms with Crippen LogP contribution in [0, 0.1) is 0 Å². The number of hydroxylamine groups is 2. The zero-order valence-electron chi connectivity index (χ0n) is 20.8. The van der Waals surface area contributed by atoms with Crippen LogP contribution in [-0.4, -0.2) is 82.6 Å². The Morgan fingerprint density at radius 1 is 1.14 bits per heavy atom. The van der Waals surface area contributed by atoms with Crippen LogP contribution in [-0.2, 0) is 19.1 Å². The van der Waals surface area contributed by atoms with Crippen molar-refractivity contribution < 1.29 is 29.1 Å². The number of carbonyl (C=O) groups is 3. The largest absolute Gasteiger partial charge is 0.343 e. The average Bonchev–Trinajstić information content (AvgIpc) is 3.01. The van der Waals surface area contributed by atoms with Gasteiger partial charge in [-0.05, 0) is 38.0 Å². The Bertz CT molecular complexity index is 947. The van der Waals surface area contributed by atoms with Gasteiger partial charge in [-0.3, -0.25) is 19.7 Å². The maximum Gasteiger partial charge on any atom is 0.327 e.